The van der Waals surface area contributed by atoms with Gasteiger partial charge in [0.05, 0.1) is 0 Å². The molecule has 1 nitrogen and oxygen atoms in total. The van der Waals surface area contributed by atoms with Gasteiger partial charge in [-0.3, -0.25) is 0 Å². The van der Waals surface area contributed by atoms with E-state index in [9.17, 15) is 0 Å². The molecule has 0 fully saturated rings. The number of nitrogens with one attached hydrogen (secondary N) is 1. The van der Waals surface area contributed by atoms with Gasteiger partial charge in [-0.05, 0) is 24.9 Å². The second-order valence-corrected chi connectivity index (χ2v) is 2.31. The Labute approximate surface area is 94.4 Å². The van der Waals surface area contributed by atoms with Crippen molar-refractivity contribution in [2.45, 2.75) is 0 Å². The molecule has 0 atom stereocenters. The zero-order valence-electron chi connectivity index (χ0n) is 6.09. The molecule has 0 radical (unpaired) electrons. The fraction of sp³-hybridized carbons (Fsp3) is 0. The first-order valence-corrected chi connectivity index (χ1v) is 3.31. The Balaban J connectivity index is -0.000000189. The van der Waals surface area contributed by atoms with Crippen LogP contribution in [0.1, 0.15) is 0 Å². The summed E-state index contributed by atoms with van der Waals surface area (Å²) < 4.78 is 0. The van der Waals surface area contributed by atoms with E-state index in [0.29, 0.717) is 10.0 Å². The first-order chi connectivity index (χ1) is 4.79. The van der Waals surface area contributed by atoms with Crippen LogP contribution in [0.5, 0.6) is 0 Å². The van der Waals surface area contributed by atoms with Crippen molar-refractivity contribution in [2.24, 2.45) is 0 Å². The lowest BCUT2D eigenvalue weighted by atomic mass is 10.4. The summed E-state index contributed by atoms with van der Waals surface area (Å²) >= 11 is 11.1. The zero-order valence-corrected chi connectivity index (χ0v) is 9.23. The molecule has 5 heteroatoms. The van der Waals surface area contributed by atoms with Crippen LogP contribution in [-0.4, -0.2) is 6.72 Å². The lowest BCUT2D eigenvalue weighted by Gasteiger charge is -1.86. The molecule has 0 bridgehead atoms. The topological polar surface area (TPSA) is 23.9 Å². The number of benzene rings is 1. The van der Waals surface area contributed by atoms with E-state index in [1.54, 1.807) is 18.2 Å². The lowest BCUT2D eigenvalue weighted by Crippen LogP contribution is -1.61. The molecule has 0 heterocycles. The third kappa shape index (κ3) is 8.15. The van der Waals surface area contributed by atoms with Gasteiger partial charge in [-0.1, -0.05) is 29.3 Å². The highest BCUT2D eigenvalue weighted by Gasteiger charge is 1.84. The molecule has 0 aromatic heterocycles. The Bertz CT molecular complexity index is 187. The Morgan fingerprint density at radius 3 is 1.50 bits per heavy atom. The number of halogens is 4. The van der Waals surface area contributed by atoms with Gasteiger partial charge in [0.25, 0.3) is 0 Å². The van der Waals surface area contributed by atoms with Gasteiger partial charge >= 0.3 is 0 Å². The Hall–Kier alpha value is 0.0500. The van der Waals surface area contributed by atoms with Crippen LogP contribution < -0.4 is 0 Å². The van der Waals surface area contributed by atoms with E-state index in [0.717, 1.165) is 0 Å². The summed E-state index contributed by atoms with van der Waals surface area (Å²) in [7, 11) is 0. The standard InChI is InChI=1S/C6H4Cl2.CH3N.2ClH/c7-5-2-1-3-6(8)4-5;1-2;;/h1-4H;2H,1H2;2*1H. The van der Waals surface area contributed by atoms with Crippen molar-refractivity contribution in [2.75, 3.05) is 0 Å². The second-order valence-electron chi connectivity index (χ2n) is 1.44. The monoisotopic (exact) mass is 247 g/mol. The van der Waals surface area contributed by atoms with Crippen molar-refractivity contribution in [3.63, 3.8) is 0 Å². The molecule has 0 saturated carbocycles. The maximum absolute atomic E-state index is 5.56. The van der Waals surface area contributed by atoms with Crippen LogP contribution in [0.2, 0.25) is 10.0 Å². The third-order valence-electron chi connectivity index (χ3n) is 0.787. The average molecular weight is 249 g/mol. The van der Waals surface area contributed by atoms with E-state index < -0.39 is 0 Å². The summed E-state index contributed by atoms with van der Waals surface area (Å²) in [6.07, 6.45) is 0. The summed E-state index contributed by atoms with van der Waals surface area (Å²) in [4.78, 5) is 0. The van der Waals surface area contributed by atoms with Crippen LogP contribution in [0.3, 0.4) is 0 Å². The summed E-state index contributed by atoms with van der Waals surface area (Å²) in [5, 5.41) is 6.86. The molecule has 0 saturated heterocycles. The van der Waals surface area contributed by atoms with Crippen LogP contribution in [0.25, 0.3) is 0 Å². The SMILES string of the molecule is C=N.Cl.Cl.Clc1cccc(Cl)c1. The van der Waals surface area contributed by atoms with Gasteiger partial charge in [0.1, 0.15) is 0 Å². The molecule has 0 amide bonds. The molecular formula is C7H9Cl4N. The van der Waals surface area contributed by atoms with Crippen LogP contribution >= 0.6 is 48.0 Å². The lowest BCUT2D eigenvalue weighted by molar-refractivity contribution is 1.61. The number of rotatable bonds is 0. The van der Waals surface area contributed by atoms with Crippen molar-refractivity contribution in [3.05, 3.63) is 34.3 Å². The highest BCUT2D eigenvalue weighted by Crippen LogP contribution is 2.13. The van der Waals surface area contributed by atoms with Crippen LogP contribution in [-0.2, 0) is 0 Å². The fourth-order valence-corrected chi connectivity index (χ4v) is 0.896. The van der Waals surface area contributed by atoms with E-state index in [2.05, 4.69) is 6.72 Å². The van der Waals surface area contributed by atoms with E-state index in [1.165, 1.54) is 0 Å². The molecule has 0 aliphatic heterocycles. The predicted octanol–water partition coefficient (Wildman–Crippen LogP) is 4.10. The van der Waals surface area contributed by atoms with Crippen molar-refractivity contribution in [1.29, 1.82) is 5.41 Å². The summed E-state index contributed by atoms with van der Waals surface area (Å²) in [6, 6.07) is 7.08. The first kappa shape index (κ1) is 18.0. The normalized spacial score (nSPS) is 6.50. The first-order valence-electron chi connectivity index (χ1n) is 2.55. The van der Waals surface area contributed by atoms with Gasteiger partial charge in [-0.25, -0.2) is 0 Å². The van der Waals surface area contributed by atoms with Gasteiger partial charge < -0.3 is 5.41 Å². The number of hydrogen-bond acceptors (Lipinski definition) is 1. The molecular weight excluding hydrogens is 240 g/mol. The fourth-order valence-electron chi connectivity index (χ4n) is 0.460. The van der Waals surface area contributed by atoms with E-state index >= 15 is 0 Å². The molecule has 0 aliphatic carbocycles. The molecule has 0 aliphatic rings. The Morgan fingerprint density at radius 1 is 1.00 bits per heavy atom. The zero-order chi connectivity index (χ0) is 7.98. The maximum atomic E-state index is 5.56. The van der Waals surface area contributed by atoms with Crippen molar-refractivity contribution < 1.29 is 0 Å². The average Bonchev–Trinajstić information content (AvgIpc) is 1.91. The highest BCUT2D eigenvalue weighted by molar-refractivity contribution is 6.34. The molecule has 0 spiro atoms. The van der Waals surface area contributed by atoms with Crippen molar-refractivity contribution in [1.82, 2.24) is 0 Å². The van der Waals surface area contributed by atoms with E-state index in [-0.39, 0.29) is 24.8 Å². The Morgan fingerprint density at radius 2 is 1.33 bits per heavy atom. The van der Waals surface area contributed by atoms with Crippen LogP contribution in [0, 0.1) is 5.41 Å². The van der Waals surface area contributed by atoms with Gasteiger partial charge in [0, 0.05) is 10.0 Å². The molecule has 12 heavy (non-hydrogen) atoms. The van der Waals surface area contributed by atoms with Crippen LogP contribution in [0.15, 0.2) is 24.3 Å². The minimum absolute atomic E-state index is 0. The summed E-state index contributed by atoms with van der Waals surface area (Å²) in [6.45, 7) is 2.50. The maximum Gasteiger partial charge on any atom is 0.0420 e. The molecule has 1 N–H and O–H groups in total. The second kappa shape index (κ2) is 11.1. The van der Waals surface area contributed by atoms with Crippen molar-refractivity contribution in [3.8, 4) is 0 Å². The van der Waals surface area contributed by atoms with Gasteiger partial charge in [-0.2, -0.15) is 0 Å². The predicted molar refractivity (Wildman–Crippen MR) is 60.8 cm³/mol. The quantitative estimate of drug-likeness (QED) is 0.669. The van der Waals surface area contributed by atoms with E-state index in [4.69, 9.17) is 28.6 Å². The number of hydrogen-bond donors (Lipinski definition) is 1. The third-order valence-corrected chi connectivity index (χ3v) is 1.26. The largest absolute Gasteiger partial charge is 0.317 e. The van der Waals surface area contributed by atoms with Crippen molar-refractivity contribution >= 4 is 54.7 Å². The smallest absolute Gasteiger partial charge is 0.0420 e. The summed E-state index contributed by atoms with van der Waals surface area (Å²) in [5.74, 6) is 0. The Kier molecular flexibility index (Phi) is 16.5. The van der Waals surface area contributed by atoms with Gasteiger partial charge in [-0.15, -0.1) is 24.8 Å². The van der Waals surface area contributed by atoms with E-state index in [1.807, 2.05) is 6.07 Å². The minimum Gasteiger partial charge on any atom is -0.317 e. The molecule has 1 aromatic rings. The van der Waals surface area contributed by atoms with Crippen LogP contribution in [0.4, 0.5) is 0 Å². The molecule has 0 unspecified atom stereocenters. The molecule has 1 rings (SSSR count). The molecule has 1 aromatic carbocycles. The minimum atomic E-state index is 0. The molecule has 70 valence electrons. The van der Waals surface area contributed by atoms with Gasteiger partial charge in [0.2, 0.25) is 0 Å². The van der Waals surface area contributed by atoms with Gasteiger partial charge in [0.15, 0.2) is 0 Å². The highest BCUT2D eigenvalue weighted by atomic mass is 35.5. The summed E-state index contributed by atoms with van der Waals surface area (Å²) in [5.41, 5.74) is 0.